The normalized spacial score (nSPS) is 10.3. The molecule has 0 saturated carbocycles. The maximum Gasteiger partial charge on any atom is 0.323 e. The number of carbonyl (C=O) groups is 2. The van der Waals surface area contributed by atoms with Crippen LogP contribution in [0.25, 0.3) is 0 Å². The van der Waals surface area contributed by atoms with Crippen LogP contribution in [0.2, 0.25) is 0 Å². The number of carboxylic acids is 1. The van der Waals surface area contributed by atoms with Gasteiger partial charge in [-0.2, -0.15) is 0 Å². The van der Waals surface area contributed by atoms with Crippen molar-refractivity contribution in [3.63, 3.8) is 0 Å². The summed E-state index contributed by atoms with van der Waals surface area (Å²) in [5.74, 6) is -1.67. The first-order valence-corrected chi connectivity index (χ1v) is 5.60. The summed E-state index contributed by atoms with van der Waals surface area (Å²) in [4.78, 5) is 34.0. The number of nitro benzene ring substituents is 1. The van der Waals surface area contributed by atoms with Crippen molar-refractivity contribution in [3.05, 3.63) is 39.9 Å². The Balaban J connectivity index is 3.05. The van der Waals surface area contributed by atoms with E-state index in [0.717, 1.165) is 11.0 Å². The Morgan fingerprint density at radius 2 is 2.05 bits per heavy atom. The topological polar surface area (TPSA) is 101 Å². The van der Waals surface area contributed by atoms with Crippen molar-refractivity contribution in [2.75, 3.05) is 6.54 Å². The Kier molecular flexibility index (Phi) is 4.57. The minimum absolute atomic E-state index is 0.101. The van der Waals surface area contributed by atoms with Gasteiger partial charge in [0.15, 0.2) is 0 Å². The lowest BCUT2D eigenvalue weighted by atomic mass is 10.1. The molecule has 7 heteroatoms. The highest BCUT2D eigenvalue weighted by Gasteiger charge is 2.22. The monoisotopic (exact) mass is 266 g/mol. The second kappa shape index (κ2) is 5.94. The van der Waals surface area contributed by atoms with Gasteiger partial charge in [-0.25, -0.2) is 0 Å². The molecule has 0 saturated heterocycles. The first-order chi connectivity index (χ1) is 8.82. The van der Waals surface area contributed by atoms with Gasteiger partial charge in [-0.1, -0.05) is 6.07 Å². The van der Waals surface area contributed by atoms with Crippen molar-refractivity contribution in [1.82, 2.24) is 4.90 Å². The summed E-state index contributed by atoms with van der Waals surface area (Å²) in [5, 5.41) is 19.4. The molecule has 0 aliphatic carbocycles. The molecule has 0 radical (unpaired) electrons. The highest BCUT2D eigenvalue weighted by molar-refractivity contribution is 5.96. The van der Waals surface area contributed by atoms with Gasteiger partial charge in [0.2, 0.25) is 0 Å². The zero-order valence-electron chi connectivity index (χ0n) is 10.6. The fourth-order valence-corrected chi connectivity index (χ4v) is 1.55. The molecule has 0 unspecified atom stereocenters. The third-order valence-electron chi connectivity index (χ3n) is 2.49. The van der Waals surface area contributed by atoms with Crippen LogP contribution in [0.5, 0.6) is 0 Å². The van der Waals surface area contributed by atoms with Gasteiger partial charge in [0.1, 0.15) is 6.54 Å². The van der Waals surface area contributed by atoms with Crippen molar-refractivity contribution >= 4 is 17.6 Å². The number of nitrogens with zero attached hydrogens (tertiary/aromatic N) is 2. The van der Waals surface area contributed by atoms with Gasteiger partial charge in [-0.05, 0) is 19.9 Å². The lowest BCUT2D eigenvalue weighted by Gasteiger charge is -2.24. The molecule has 0 aromatic heterocycles. The molecule has 0 spiro atoms. The Morgan fingerprint density at radius 3 is 2.53 bits per heavy atom. The van der Waals surface area contributed by atoms with E-state index in [0.29, 0.717) is 0 Å². The van der Waals surface area contributed by atoms with Gasteiger partial charge in [0.25, 0.3) is 11.6 Å². The van der Waals surface area contributed by atoms with E-state index in [4.69, 9.17) is 5.11 Å². The summed E-state index contributed by atoms with van der Waals surface area (Å²) in [6.45, 7) is 2.91. The van der Waals surface area contributed by atoms with Gasteiger partial charge >= 0.3 is 5.97 Å². The maximum absolute atomic E-state index is 12.1. The molecule has 0 bridgehead atoms. The lowest BCUT2D eigenvalue weighted by molar-refractivity contribution is -0.384. The van der Waals surface area contributed by atoms with Gasteiger partial charge < -0.3 is 10.0 Å². The van der Waals surface area contributed by atoms with Crippen LogP contribution in [0, 0.1) is 10.1 Å². The van der Waals surface area contributed by atoms with Gasteiger partial charge in [0.05, 0.1) is 4.92 Å². The van der Waals surface area contributed by atoms with Crippen molar-refractivity contribution < 1.29 is 19.6 Å². The molecule has 1 aromatic carbocycles. The van der Waals surface area contributed by atoms with Crippen molar-refractivity contribution in [1.29, 1.82) is 0 Å². The maximum atomic E-state index is 12.1. The van der Waals surface area contributed by atoms with E-state index in [1.165, 1.54) is 18.2 Å². The number of carboxylic acid groups (broad SMARTS) is 1. The van der Waals surface area contributed by atoms with E-state index in [2.05, 4.69) is 0 Å². The first kappa shape index (κ1) is 14.6. The average Bonchev–Trinajstić information content (AvgIpc) is 2.34. The smallest absolute Gasteiger partial charge is 0.323 e. The van der Waals surface area contributed by atoms with Crippen LogP contribution in [-0.2, 0) is 4.79 Å². The van der Waals surface area contributed by atoms with E-state index in [-0.39, 0.29) is 17.3 Å². The number of rotatable bonds is 5. The Labute approximate surface area is 109 Å². The molecule has 0 aliphatic heterocycles. The number of hydrogen-bond acceptors (Lipinski definition) is 4. The minimum Gasteiger partial charge on any atom is -0.480 e. The first-order valence-electron chi connectivity index (χ1n) is 5.60. The van der Waals surface area contributed by atoms with Crippen LogP contribution < -0.4 is 0 Å². The van der Waals surface area contributed by atoms with E-state index in [1.807, 2.05) is 0 Å². The molecule has 0 heterocycles. The summed E-state index contributed by atoms with van der Waals surface area (Å²) in [5.41, 5.74) is -0.103. The standard InChI is InChI=1S/C12H14N2O5/c1-8(2)13(7-11(15)16)12(17)9-4-3-5-10(6-9)14(18)19/h3-6,8H,7H2,1-2H3,(H,15,16). The molecule has 1 rings (SSSR count). The summed E-state index contributed by atoms with van der Waals surface area (Å²) < 4.78 is 0. The summed E-state index contributed by atoms with van der Waals surface area (Å²) in [7, 11) is 0. The molecule has 7 nitrogen and oxygen atoms in total. The number of amides is 1. The van der Waals surface area contributed by atoms with E-state index < -0.39 is 23.3 Å². The molecule has 0 aliphatic rings. The number of hydrogen-bond donors (Lipinski definition) is 1. The zero-order chi connectivity index (χ0) is 14.6. The number of aliphatic carboxylic acids is 1. The molecule has 1 aromatic rings. The molecular weight excluding hydrogens is 252 g/mol. The molecule has 102 valence electrons. The van der Waals surface area contributed by atoms with Crippen LogP contribution >= 0.6 is 0 Å². The number of non-ortho nitro benzene ring substituents is 1. The highest BCUT2D eigenvalue weighted by atomic mass is 16.6. The molecule has 19 heavy (non-hydrogen) atoms. The lowest BCUT2D eigenvalue weighted by Crippen LogP contribution is -2.40. The highest BCUT2D eigenvalue weighted by Crippen LogP contribution is 2.15. The van der Waals surface area contributed by atoms with Gasteiger partial charge in [-0.3, -0.25) is 19.7 Å². The van der Waals surface area contributed by atoms with E-state index in [1.54, 1.807) is 13.8 Å². The second-order valence-corrected chi connectivity index (χ2v) is 4.23. The van der Waals surface area contributed by atoms with Crippen LogP contribution in [-0.4, -0.2) is 39.4 Å². The third kappa shape index (κ3) is 3.77. The predicted octanol–water partition coefficient (Wildman–Crippen LogP) is 1.53. The molecule has 0 atom stereocenters. The van der Waals surface area contributed by atoms with Crippen LogP contribution in [0.4, 0.5) is 5.69 Å². The Hall–Kier alpha value is -2.44. The predicted molar refractivity (Wildman–Crippen MR) is 66.9 cm³/mol. The van der Waals surface area contributed by atoms with Crippen molar-refractivity contribution in [3.8, 4) is 0 Å². The van der Waals surface area contributed by atoms with Crippen molar-refractivity contribution in [2.45, 2.75) is 19.9 Å². The quantitative estimate of drug-likeness (QED) is 0.643. The third-order valence-corrected chi connectivity index (χ3v) is 2.49. The fraction of sp³-hybridized carbons (Fsp3) is 0.333. The number of nitro groups is 1. The van der Waals surface area contributed by atoms with Crippen LogP contribution in [0.15, 0.2) is 24.3 Å². The summed E-state index contributed by atoms with van der Waals surface area (Å²) in [6, 6.07) is 4.91. The SMILES string of the molecule is CC(C)N(CC(=O)O)C(=O)c1cccc([N+](=O)[O-])c1. The zero-order valence-corrected chi connectivity index (χ0v) is 10.6. The fourth-order valence-electron chi connectivity index (χ4n) is 1.55. The second-order valence-electron chi connectivity index (χ2n) is 4.23. The number of benzene rings is 1. The molecule has 1 amide bonds. The van der Waals surface area contributed by atoms with Crippen LogP contribution in [0.1, 0.15) is 24.2 Å². The molecule has 0 fully saturated rings. The van der Waals surface area contributed by atoms with Crippen molar-refractivity contribution in [2.24, 2.45) is 0 Å². The number of carbonyl (C=O) groups excluding carboxylic acids is 1. The summed E-state index contributed by atoms with van der Waals surface area (Å²) in [6.07, 6.45) is 0. The average molecular weight is 266 g/mol. The molecular formula is C12H14N2O5. The van der Waals surface area contributed by atoms with Gasteiger partial charge in [-0.15, -0.1) is 0 Å². The van der Waals surface area contributed by atoms with Gasteiger partial charge in [0, 0.05) is 23.7 Å². The van der Waals surface area contributed by atoms with Crippen LogP contribution in [0.3, 0.4) is 0 Å². The largest absolute Gasteiger partial charge is 0.480 e. The molecule has 1 N–H and O–H groups in total. The summed E-state index contributed by atoms with van der Waals surface area (Å²) >= 11 is 0. The Morgan fingerprint density at radius 1 is 1.42 bits per heavy atom. The minimum atomic E-state index is -1.13. The van der Waals surface area contributed by atoms with E-state index in [9.17, 15) is 19.7 Å². The Bertz CT molecular complexity index is 513. The van der Waals surface area contributed by atoms with E-state index >= 15 is 0 Å².